The molecule has 0 saturated carbocycles. The molecule has 8 aromatic carbocycles. The van der Waals surface area contributed by atoms with Gasteiger partial charge in [-0.3, -0.25) is 0 Å². The summed E-state index contributed by atoms with van der Waals surface area (Å²) in [7, 11) is 0. The first kappa shape index (κ1) is 30.6. The zero-order valence-corrected chi connectivity index (χ0v) is 28.6. The minimum absolute atomic E-state index is 0.591. The molecular weight excluding hydrogens is 647 g/mol. The fourth-order valence-electron chi connectivity index (χ4n) is 7.11. The summed E-state index contributed by atoms with van der Waals surface area (Å²) in [5.74, 6) is 1.83. The summed E-state index contributed by atoms with van der Waals surface area (Å²) in [5.41, 5.74) is 11.4. The van der Waals surface area contributed by atoms with E-state index in [1.165, 1.54) is 27.5 Å². The molecule has 0 aliphatic heterocycles. The first-order valence-corrected chi connectivity index (χ1v) is 17.8. The normalized spacial score (nSPS) is 11.4. The number of furan rings is 1. The monoisotopic (exact) mass is 677 g/mol. The highest BCUT2D eigenvalue weighted by Crippen LogP contribution is 2.36. The van der Waals surface area contributed by atoms with Gasteiger partial charge in [-0.05, 0) is 74.5 Å². The zero-order valence-electron chi connectivity index (χ0n) is 28.6. The Bertz CT molecular complexity index is 2910. The molecule has 53 heavy (non-hydrogen) atoms. The van der Waals surface area contributed by atoms with Crippen LogP contribution in [0.15, 0.2) is 192 Å². The Morgan fingerprint density at radius 2 is 0.717 bits per heavy atom. The number of hydrogen-bond acceptors (Lipinski definition) is 4. The average Bonchev–Trinajstić information content (AvgIpc) is 3.61. The van der Waals surface area contributed by atoms with Crippen molar-refractivity contribution in [2.45, 2.75) is 0 Å². The number of nitrogens with zero attached hydrogens (tertiary/aromatic N) is 3. The van der Waals surface area contributed by atoms with E-state index in [0.29, 0.717) is 17.5 Å². The van der Waals surface area contributed by atoms with E-state index in [-0.39, 0.29) is 0 Å². The van der Waals surface area contributed by atoms with Crippen molar-refractivity contribution in [3.8, 4) is 67.5 Å². The quantitative estimate of drug-likeness (QED) is 0.176. The fraction of sp³-hybridized carbons (Fsp3) is 0. The number of rotatable bonds is 6. The lowest BCUT2D eigenvalue weighted by atomic mass is 9.99. The van der Waals surface area contributed by atoms with Gasteiger partial charge in [-0.15, -0.1) is 0 Å². The summed E-state index contributed by atoms with van der Waals surface area (Å²) in [6.45, 7) is 0. The third kappa shape index (κ3) is 5.82. The summed E-state index contributed by atoms with van der Waals surface area (Å²) < 4.78 is 6.42. The molecule has 0 N–H and O–H groups in total. The first-order chi connectivity index (χ1) is 26.2. The topological polar surface area (TPSA) is 51.8 Å². The molecule has 0 fully saturated rings. The van der Waals surface area contributed by atoms with Gasteiger partial charge in [0.25, 0.3) is 0 Å². The Balaban J connectivity index is 1.01. The Morgan fingerprint density at radius 3 is 1.38 bits per heavy atom. The number of aromatic nitrogens is 3. The highest BCUT2D eigenvalue weighted by atomic mass is 16.3. The van der Waals surface area contributed by atoms with E-state index in [4.69, 9.17) is 19.4 Å². The van der Waals surface area contributed by atoms with E-state index in [0.717, 1.165) is 55.3 Å². The third-order valence-corrected chi connectivity index (χ3v) is 9.95. The van der Waals surface area contributed by atoms with Gasteiger partial charge in [0, 0.05) is 27.5 Å². The zero-order chi connectivity index (χ0) is 35.1. The van der Waals surface area contributed by atoms with Crippen molar-refractivity contribution >= 4 is 32.7 Å². The first-order valence-electron chi connectivity index (χ1n) is 17.8. The molecule has 0 atom stereocenters. The standard InChI is InChI=1S/C49H31N3O/c1-3-9-32(10-4-1)34-15-17-35(18-16-34)36-19-22-38(23-20-36)48-50-47(37-12-5-2-6-13-37)51-49(52-48)42-25-27-43-44-30-41(26-28-45(44)53-46(43)31-42)40-24-21-33-11-7-8-14-39(33)29-40/h1-31H. The van der Waals surface area contributed by atoms with Crippen LogP contribution in [0.1, 0.15) is 0 Å². The van der Waals surface area contributed by atoms with Crippen LogP contribution in [0.25, 0.3) is 100 Å². The second kappa shape index (κ2) is 12.9. The van der Waals surface area contributed by atoms with Crippen LogP contribution in [0.2, 0.25) is 0 Å². The summed E-state index contributed by atoms with van der Waals surface area (Å²) in [6, 6.07) is 65.3. The van der Waals surface area contributed by atoms with E-state index in [1.54, 1.807) is 0 Å². The minimum Gasteiger partial charge on any atom is -0.456 e. The smallest absolute Gasteiger partial charge is 0.164 e. The maximum Gasteiger partial charge on any atom is 0.164 e. The molecule has 0 amide bonds. The summed E-state index contributed by atoms with van der Waals surface area (Å²) in [4.78, 5) is 15.0. The van der Waals surface area contributed by atoms with Crippen molar-refractivity contribution in [2.24, 2.45) is 0 Å². The Labute approximate surface area is 306 Å². The third-order valence-electron chi connectivity index (χ3n) is 9.95. The highest BCUT2D eigenvalue weighted by Gasteiger charge is 2.15. The minimum atomic E-state index is 0.591. The number of fused-ring (bicyclic) bond motifs is 4. The molecular formula is C49H31N3O. The molecule has 0 bridgehead atoms. The number of hydrogen-bond donors (Lipinski definition) is 0. The van der Waals surface area contributed by atoms with Crippen LogP contribution in [-0.2, 0) is 0 Å². The van der Waals surface area contributed by atoms with Crippen LogP contribution in [-0.4, -0.2) is 15.0 Å². The Hall–Kier alpha value is -7.17. The van der Waals surface area contributed by atoms with Crippen LogP contribution in [0.5, 0.6) is 0 Å². The maximum atomic E-state index is 6.42. The van der Waals surface area contributed by atoms with Crippen LogP contribution < -0.4 is 0 Å². The van der Waals surface area contributed by atoms with Crippen molar-refractivity contribution in [3.05, 3.63) is 188 Å². The molecule has 0 aliphatic carbocycles. The molecule has 0 saturated heterocycles. The largest absolute Gasteiger partial charge is 0.456 e. The van der Waals surface area contributed by atoms with Crippen LogP contribution >= 0.6 is 0 Å². The lowest BCUT2D eigenvalue weighted by Gasteiger charge is -2.09. The van der Waals surface area contributed by atoms with E-state index in [2.05, 4.69) is 146 Å². The molecule has 0 aliphatic rings. The van der Waals surface area contributed by atoms with Gasteiger partial charge < -0.3 is 4.42 Å². The van der Waals surface area contributed by atoms with Crippen molar-refractivity contribution in [3.63, 3.8) is 0 Å². The average molecular weight is 678 g/mol. The lowest BCUT2D eigenvalue weighted by molar-refractivity contribution is 0.669. The van der Waals surface area contributed by atoms with Gasteiger partial charge in [0.05, 0.1) is 0 Å². The van der Waals surface area contributed by atoms with E-state index < -0.39 is 0 Å². The van der Waals surface area contributed by atoms with E-state index >= 15 is 0 Å². The van der Waals surface area contributed by atoms with Crippen LogP contribution in [0.4, 0.5) is 0 Å². The second-order valence-electron chi connectivity index (χ2n) is 13.3. The Kier molecular flexibility index (Phi) is 7.43. The molecule has 4 heteroatoms. The van der Waals surface area contributed by atoms with Crippen LogP contribution in [0, 0.1) is 0 Å². The van der Waals surface area contributed by atoms with Gasteiger partial charge >= 0.3 is 0 Å². The SMILES string of the molecule is c1ccc(-c2ccc(-c3ccc(-c4nc(-c5ccccc5)nc(-c5ccc6c(c5)oc5ccc(-c7ccc8ccccc8c7)cc56)n4)cc3)cc2)cc1. The van der Waals surface area contributed by atoms with Crippen molar-refractivity contribution < 1.29 is 4.42 Å². The van der Waals surface area contributed by atoms with Gasteiger partial charge in [0.2, 0.25) is 0 Å². The Morgan fingerprint density at radius 1 is 0.264 bits per heavy atom. The van der Waals surface area contributed by atoms with Gasteiger partial charge in [0.15, 0.2) is 17.5 Å². The van der Waals surface area contributed by atoms with Gasteiger partial charge in [-0.2, -0.15) is 0 Å². The molecule has 2 heterocycles. The van der Waals surface area contributed by atoms with Crippen molar-refractivity contribution in [1.82, 2.24) is 15.0 Å². The predicted molar refractivity (Wildman–Crippen MR) is 217 cm³/mol. The molecule has 248 valence electrons. The highest BCUT2D eigenvalue weighted by molar-refractivity contribution is 6.07. The van der Waals surface area contributed by atoms with Gasteiger partial charge in [-0.1, -0.05) is 158 Å². The summed E-state index contributed by atoms with van der Waals surface area (Å²) in [5, 5.41) is 4.59. The van der Waals surface area contributed by atoms with Crippen molar-refractivity contribution in [1.29, 1.82) is 0 Å². The maximum absolute atomic E-state index is 6.42. The van der Waals surface area contributed by atoms with E-state index in [9.17, 15) is 0 Å². The molecule has 0 unspecified atom stereocenters. The van der Waals surface area contributed by atoms with Gasteiger partial charge in [-0.25, -0.2) is 15.0 Å². The predicted octanol–water partition coefficient (Wildman–Crippen LogP) is 12.9. The summed E-state index contributed by atoms with van der Waals surface area (Å²) >= 11 is 0. The molecule has 2 aromatic heterocycles. The molecule has 0 radical (unpaired) electrons. The fourth-order valence-corrected chi connectivity index (χ4v) is 7.11. The van der Waals surface area contributed by atoms with E-state index in [1.807, 2.05) is 42.5 Å². The molecule has 4 nitrogen and oxygen atoms in total. The molecule has 10 rings (SSSR count). The van der Waals surface area contributed by atoms with Crippen molar-refractivity contribution in [2.75, 3.05) is 0 Å². The van der Waals surface area contributed by atoms with Crippen LogP contribution in [0.3, 0.4) is 0 Å². The lowest BCUT2D eigenvalue weighted by Crippen LogP contribution is -2.00. The summed E-state index contributed by atoms with van der Waals surface area (Å²) in [6.07, 6.45) is 0. The number of benzene rings is 8. The van der Waals surface area contributed by atoms with Gasteiger partial charge in [0.1, 0.15) is 11.2 Å². The molecule has 10 aromatic rings. The second-order valence-corrected chi connectivity index (χ2v) is 13.3. The molecule has 0 spiro atoms.